The van der Waals surface area contributed by atoms with Crippen LogP contribution in [-0.2, 0) is 0 Å². The second-order valence-corrected chi connectivity index (χ2v) is 4.00. The van der Waals surface area contributed by atoms with Crippen LogP contribution in [0.5, 0.6) is 0 Å². The predicted octanol–water partition coefficient (Wildman–Crippen LogP) is 4.33. The lowest BCUT2D eigenvalue weighted by Crippen LogP contribution is -2.00. The van der Waals surface area contributed by atoms with Crippen LogP contribution in [0.4, 0.5) is 17.6 Å². The van der Waals surface area contributed by atoms with Gasteiger partial charge in [0.05, 0.1) is 11.6 Å². The van der Waals surface area contributed by atoms with E-state index in [0.29, 0.717) is 0 Å². The van der Waals surface area contributed by atoms with Gasteiger partial charge >= 0.3 is 0 Å². The second-order valence-electron chi connectivity index (χ2n) is 4.00. The quantitative estimate of drug-likeness (QED) is 0.664. The SMILES string of the molecule is Cc1cccc(-c2c(F)[c]c(F)c(C)c2F)c1F. The van der Waals surface area contributed by atoms with Gasteiger partial charge in [-0.15, -0.1) is 0 Å². The number of halogens is 4. The summed E-state index contributed by atoms with van der Waals surface area (Å²) in [5.41, 5.74) is -0.944. The minimum Gasteiger partial charge on any atom is -0.206 e. The highest BCUT2D eigenvalue weighted by molar-refractivity contribution is 5.67. The number of hydrogen-bond donors (Lipinski definition) is 0. The molecular formula is C14H9F4. The molecule has 0 aromatic heterocycles. The lowest BCUT2D eigenvalue weighted by molar-refractivity contribution is 0.531. The minimum atomic E-state index is -1.24. The summed E-state index contributed by atoms with van der Waals surface area (Å²) in [6.07, 6.45) is 0. The molecule has 18 heavy (non-hydrogen) atoms. The Balaban J connectivity index is 2.80. The number of hydrogen-bond acceptors (Lipinski definition) is 0. The fraction of sp³-hybridized carbons (Fsp3) is 0.143. The number of rotatable bonds is 1. The first-order chi connectivity index (χ1) is 8.43. The van der Waals surface area contributed by atoms with Gasteiger partial charge in [-0.1, -0.05) is 18.2 Å². The van der Waals surface area contributed by atoms with Crippen molar-refractivity contribution < 1.29 is 17.6 Å². The average molecular weight is 253 g/mol. The molecule has 93 valence electrons. The van der Waals surface area contributed by atoms with E-state index in [4.69, 9.17) is 0 Å². The highest BCUT2D eigenvalue weighted by Gasteiger charge is 2.20. The van der Waals surface area contributed by atoms with Crippen molar-refractivity contribution in [2.24, 2.45) is 0 Å². The maximum atomic E-state index is 13.9. The Hall–Kier alpha value is -1.84. The molecule has 0 bridgehead atoms. The smallest absolute Gasteiger partial charge is 0.145 e. The molecule has 0 amide bonds. The molecule has 0 aliphatic rings. The zero-order chi connectivity index (χ0) is 13.4. The van der Waals surface area contributed by atoms with E-state index in [-0.39, 0.29) is 16.7 Å². The second kappa shape index (κ2) is 4.44. The topological polar surface area (TPSA) is 0 Å². The third-order valence-corrected chi connectivity index (χ3v) is 2.78. The zero-order valence-corrected chi connectivity index (χ0v) is 9.74. The molecular weight excluding hydrogens is 244 g/mol. The fourth-order valence-electron chi connectivity index (χ4n) is 1.71. The van der Waals surface area contributed by atoms with Crippen molar-refractivity contribution in [1.29, 1.82) is 0 Å². The number of aryl methyl sites for hydroxylation is 1. The zero-order valence-electron chi connectivity index (χ0n) is 9.74. The largest absolute Gasteiger partial charge is 0.206 e. The Labute approximate surface area is 102 Å². The van der Waals surface area contributed by atoms with Crippen LogP contribution in [-0.4, -0.2) is 0 Å². The summed E-state index contributed by atoms with van der Waals surface area (Å²) >= 11 is 0. The van der Waals surface area contributed by atoms with Gasteiger partial charge in [0.1, 0.15) is 23.3 Å². The Morgan fingerprint density at radius 1 is 0.889 bits per heavy atom. The maximum Gasteiger partial charge on any atom is 0.145 e. The first-order valence-electron chi connectivity index (χ1n) is 5.25. The van der Waals surface area contributed by atoms with Crippen molar-refractivity contribution in [3.63, 3.8) is 0 Å². The molecule has 4 heteroatoms. The first kappa shape index (κ1) is 12.6. The predicted molar refractivity (Wildman–Crippen MR) is 60.0 cm³/mol. The average Bonchev–Trinajstić information content (AvgIpc) is 2.32. The summed E-state index contributed by atoms with van der Waals surface area (Å²) in [4.78, 5) is 0. The van der Waals surface area contributed by atoms with E-state index < -0.39 is 28.8 Å². The van der Waals surface area contributed by atoms with Gasteiger partial charge in [0.15, 0.2) is 0 Å². The Bertz CT molecular complexity index is 618. The van der Waals surface area contributed by atoms with E-state index in [1.807, 2.05) is 0 Å². The summed E-state index contributed by atoms with van der Waals surface area (Å²) in [5.74, 6) is -4.18. The van der Waals surface area contributed by atoms with Gasteiger partial charge in [0, 0.05) is 11.1 Å². The summed E-state index contributed by atoms with van der Waals surface area (Å²) in [6, 6.07) is 5.96. The van der Waals surface area contributed by atoms with Gasteiger partial charge in [-0.05, 0) is 19.4 Å². The van der Waals surface area contributed by atoms with Crippen molar-refractivity contribution >= 4 is 0 Å². The van der Waals surface area contributed by atoms with Crippen LogP contribution < -0.4 is 0 Å². The maximum absolute atomic E-state index is 13.9. The van der Waals surface area contributed by atoms with Crippen LogP contribution in [0.15, 0.2) is 18.2 Å². The first-order valence-corrected chi connectivity index (χ1v) is 5.25. The van der Waals surface area contributed by atoms with Crippen LogP contribution in [0.1, 0.15) is 11.1 Å². The van der Waals surface area contributed by atoms with Crippen molar-refractivity contribution in [1.82, 2.24) is 0 Å². The van der Waals surface area contributed by atoms with Crippen LogP contribution in [0.25, 0.3) is 11.1 Å². The monoisotopic (exact) mass is 253 g/mol. The van der Waals surface area contributed by atoms with Crippen molar-refractivity contribution in [2.75, 3.05) is 0 Å². The van der Waals surface area contributed by atoms with Crippen molar-refractivity contribution in [2.45, 2.75) is 13.8 Å². The van der Waals surface area contributed by atoms with E-state index in [2.05, 4.69) is 0 Å². The molecule has 0 N–H and O–H groups in total. The third-order valence-electron chi connectivity index (χ3n) is 2.78. The molecule has 0 nitrogen and oxygen atoms in total. The van der Waals surface area contributed by atoms with Crippen LogP contribution in [0.2, 0.25) is 0 Å². The summed E-state index contributed by atoms with van der Waals surface area (Å²) in [5, 5.41) is 0. The lowest BCUT2D eigenvalue weighted by Gasteiger charge is -2.10. The van der Waals surface area contributed by atoms with Crippen LogP contribution >= 0.6 is 0 Å². The van der Waals surface area contributed by atoms with E-state index in [1.165, 1.54) is 25.1 Å². The lowest BCUT2D eigenvalue weighted by atomic mass is 9.99. The minimum absolute atomic E-state index is 0.232. The molecule has 2 aromatic rings. The van der Waals surface area contributed by atoms with Gasteiger partial charge in [0.25, 0.3) is 0 Å². The van der Waals surface area contributed by atoms with E-state index in [9.17, 15) is 17.6 Å². The van der Waals surface area contributed by atoms with Gasteiger partial charge in [-0.3, -0.25) is 0 Å². The highest BCUT2D eigenvalue weighted by atomic mass is 19.1. The molecule has 0 saturated carbocycles. The van der Waals surface area contributed by atoms with Gasteiger partial charge in [0.2, 0.25) is 0 Å². The fourth-order valence-corrected chi connectivity index (χ4v) is 1.71. The Kier molecular flexibility index (Phi) is 3.11. The van der Waals surface area contributed by atoms with Gasteiger partial charge in [-0.2, -0.15) is 0 Å². The van der Waals surface area contributed by atoms with Gasteiger partial charge in [-0.25, -0.2) is 17.6 Å². The highest BCUT2D eigenvalue weighted by Crippen LogP contribution is 2.31. The van der Waals surface area contributed by atoms with E-state index >= 15 is 0 Å². The van der Waals surface area contributed by atoms with Gasteiger partial charge < -0.3 is 0 Å². The summed E-state index contributed by atoms with van der Waals surface area (Å²) < 4.78 is 54.4. The molecule has 1 radical (unpaired) electrons. The van der Waals surface area contributed by atoms with Crippen molar-refractivity contribution in [3.8, 4) is 11.1 Å². The summed E-state index contributed by atoms with van der Waals surface area (Å²) in [6.45, 7) is 2.63. The van der Waals surface area contributed by atoms with E-state index in [0.717, 1.165) is 6.92 Å². The summed E-state index contributed by atoms with van der Waals surface area (Å²) in [7, 11) is 0. The number of benzene rings is 2. The molecule has 0 saturated heterocycles. The van der Waals surface area contributed by atoms with E-state index in [1.54, 1.807) is 6.07 Å². The standard InChI is InChI=1S/C14H9F4/c1-7-4-3-5-9(13(7)17)12-11(16)6-10(15)8(2)14(12)18/h3-5H,1-2H3. The third kappa shape index (κ3) is 1.88. The molecule has 0 atom stereocenters. The molecule has 0 unspecified atom stereocenters. The molecule has 2 rings (SSSR count). The Morgan fingerprint density at radius 3 is 2.22 bits per heavy atom. The van der Waals surface area contributed by atoms with Crippen LogP contribution in [0, 0.1) is 43.2 Å². The van der Waals surface area contributed by atoms with Crippen LogP contribution in [0.3, 0.4) is 0 Å². The normalized spacial score (nSPS) is 10.8. The Morgan fingerprint density at radius 2 is 1.56 bits per heavy atom. The molecule has 0 spiro atoms. The molecule has 0 heterocycles. The molecule has 0 aliphatic heterocycles. The van der Waals surface area contributed by atoms with Crippen molar-refractivity contribution in [3.05, 3.63) is 58.7 Å². The molecule has 0 aliphatic carbocycles. The molecule has 2 aromatic carbocycles. The molecule has 0 fully saturated rings.